The van der Waals surface area contributed by atoms with E-state index < -0.39 is 60.9 Å². The number of carboxylic acid groups (broad SMARTS) is 1. The zero-order chi connectivity index (χ0) is 26.8. The van der Waals surface area contributed by atoms with E-state index in [4.69, 9.17) is 9.84 Å². The summed E-state index contributed by atoms with van der Waals surface area (Å²) in [7, 11) is 0. The van der Waals surface area contributed by atoms with E-state index >= 15 is 0 Å². The van der Waals surface area contributed by atoms with Crippen LogP contribution in [0.1, 0.15) is 31.2 Å². The third-order valence-electron chi connectivity index (χ3n) is 6.16. The largest absolute Gasteiger partial charge is 0.480 e. The predicted molar refractivity (Wildman–Crippen MR) is 128 cm³/mol. The number of nitrogens with one attached hydrogen (secondary N) is 3. The number of nitrogens with zero attached hydrogens (tertiary/aromatic N) is 2. The number of rotatable bonds is 10. The van der Waals surface area contributed by atoms with Crippen molar-refractivity contribution in [1.82, 2.24) is 25.8 Å². The van der Waals surface area contributed by atoms with Crippen LogP contribution >= 0.6 is 0 Å². The maximum Gasteiger partial charge on any atom is 0.410 e. The van der Waals surface area contributed by atoms with Gasteiger partial charge in [0.1, 0.15) is 18.7 Å². The summed E-state index contributed by atoms with van der Waals surface area (Å²) in [6.07, 6.45) is 1.38. The van der Waals surface area contributed by atoms with E-state index in [1.54, 1.807) is 0 Å². The fourth-order valence-electron chi connectivity index (χ4n) is 4.25. The minimum absolute atomic E-state index is 0.0821. The molecule has 37 heavy (non-hydrogen) atoms. The summed E-state index contributed by atoms with van der Waals surface area (Å²) < 4.78 is 5.30. The van der Waals surface area contributed by atoms with Gasteiger partial charge in [0.05, 0.1) is 19.6 Å². The number of likely N-dealkylation sites (tertiary alicyclic amines) is 2. The third-order valence-corrected chi connectivity index (χ3v) is 6.16. The van der Waals surface area contributed by atoms with Crippen molar-refractivity contribution in [1.29, 1.82) is 0 Å². The number of amides is 5. The highest BCUT2D eigenvalue weighted by molar-refractivity contribution is 5.92. The lowest BCUT2D eigenvalue weighted by Crippen LogP contribution is -2.49. The number of carboxylic acids is 1. The molecule has 2 aliphatic heterocycles. The van der Waals surface area contributed by atoms with Gasteiger partial charge in [-0.15, -0.1) is 0 Å². The Balaban J connectivity index is 1.34. The first-order valence-corrected chi connectivity index (χ1v) is 12.1. The number of hydrogen-bond acceptors (Lipinski definition) is 7. The van der Waals surface area contributed by atoms with E-state index in [9.17, 15) is 28.8 Å². The van der Waals surface area contributed by atoms with Gasteiger partial charge in [0, 0.05) is 13.1 Å². The van der Waals surface area contributed by atoms with Crippen LogP contribution in [0.4, 0.5) is 4.79 Å². The van der Waals surface area contributed by atoms with Crippen LogP contribution in [0.15, 0.2) is 30.3 Å². The molecule has 2 saturated heterocycles. The molecule has 5 amide bonds. The van der Waals surface area contributed by atoms with Gasteiger partial charge in [-0.3, -0.25) is 24.1 Å². The Hall–Kier alpha value is -4.16. The van der Waals surface area contributed by atoms with Crippen LogP contribution < -0.4 is 16.0 Å². The molecule has 2 heterocycles. The van der Waals surface area contributed by atoms with Crippen molar-refractivity contribution < 1.29 is 38.6 Å². The highest BCUT2D eigenvalue weighted by Gasteiger charge is 2.35. The first-order valence-electron chi connectivity index (χ1n) is 12.1. The molecule has 3 rings (SSSR count). The summed E-state index contributed by atoms with van der Waals surface area (Å²) >= 11 is 0. The second kappa shape index (κ2) is 13.2. The summed E-state index contributed by atoms with van der Waals surface area (Å²) in [5.41, 5.74) is 0.821. The fourth-order valence-corrected chi connectivity index (χ4v) is 4.25. The summed E-state index contributed by atoms with van der Waals surface area (Å²) in [6, 6.07) is 7.49. The number of hydrogen-bond donors (Lipinski definition) is 4. The van der Waals surface area contributed by atoms with Gasteiger partial charge >= 0.3 is 12.1 Å². The normalized spacial score (nSPS) is 18.7. The van der Waals surface area contributed by atoms with Crippen molar-refractivity contribution in [3.05, 3.63) is 35.9 Å². The first kappa shape index (κ1) is 27.4. The zero-order valence-electron chi connectivity index (χ0n) is 20.3. The molecule has 0 aliphatic carbocycles. The molecule has 0 aromatic heterocycles. The molecule has 0 unspecified atom stereocenters. The molecule has 0 spiro atoms. The van der Waals surface area contributed by atoms with Crippen LogP contribution in [0.3, 0.4) is 0 Å². The Morgan fingerprint density at radius 1 is 0.811 bits per heavy atom. The van der Waals surface area contributed by atoms with Crippen LogP contribution in [-0.4, -0.2) is 95.4 Å². The molecular formula is C24H31N5O8. The van der Waals surface area contributed by atoms with Crippen LogP contribution in [0.25, 0.3) is 0 Å². The van der Waals surface area contributed by atoms with Crippen LogP contribution in [0, 0.1) is 0 Å². The summed E-state index contributed by atoms with van der Waals surface area (Å²) in [4.78, 5) is 74.9. The molecule has 2 fully saturated rings. The molecule has 0 saturated carbocycles. The van der Waals surface area contributed by atoms with E-state index in [-0.39, 0.29) is 13.2 Å². The molecule has 0 bridgehead atoms. The Morgan fingerprint density at radius 2 is 1.41 bits per heavy atom. The van der Waals surface area contributed by atoms with Crippen LogP contribution in [0.5, 0.6) is 0 Å². The molecule has 1 aromatic rings. The summed E-state index contributed by atoms with van der Waals surface area (Å²) in [5, 5.41) is 16.3. The van der Waals surface area contributed by atoms with E-state index in [1.807, 2.05) is 30.3 Å². The molecule has 0 radical (unpaired) electrons. The maximum atomic E-state index is 12.6. The second-order valence-electron chi connectivity index (χ2n) is 8.75. The number of ether oxygens (including phenoxy) is 1. The lowest BCUT2D eigenvalue weighted by molar-refractivity contribution is -0.148. The third kappa shape index (κ3) is 7.92. The standard InChI is InChI=1S/C24H31N5O8/c30-19(26-14-21(32)28-10-5-9-18(28)23(34)35)12-25-20(31)13-27-22(33)17-8-4-11-29(17)24(36)37-15-16-6-2-1-3-7-16/h1-3,6-7,17-18H,4-5,8-15H2,(H,25,31)(H,26,30)(H,27,33)(H,34,35)/t17-,18-/m0/s1. The van der Waals surface area contributed by atoms with Gasteiger partial charge in [-0.2, -0.15) is 0 Å². The number of benzene rings is 1. The number of carbonyl (C=O) groups excluding carboxylic acids is 5. The van der Waals surface area contributed by atoms with E-state index in [0.717, 1.165) is 5.56 Å². The molecule has 1 aromatic carbocycles. The average Bonchev–Trinajstić information content (AvgIpc) is 3.59. The highest BCUT2D eigenvalue weighted by atomic mass is 16.6. The molecular weight excluding hydrogens is 486 g/mol. The lowest BCUT2D eigenvalue weighted by Gasteiger charge is -2.23. The SMILES string of the molecule is O=C(CNC(=O)CNC(=O)[C@@H]1CCCN1C(=O)OCc1ccccc1)NCC(=O)N1CCC[C@H]1C(=O)O. The quantitative estimate of drug-likeness (QED) is 0.312. The van der Waals surface area contributed by atoms with Crippen LogP contribution in [-0.2, 0) is 35.3 Å². The van der Waals surface area contributed by atoms with E-state index in [2.05, 4.69) is 16.0 Å². The van der Waals surface area contributed by atoms with Crippen molar-refractivity contribution in [3.63, 3.8) is 0 Å². The van der Waals surface area contributed by atoms with Gasteiger partial charge in [0.2, 0.25) is 23.6 Å². The van der Waals surface area contributed by atoms with Crippen molar-refractivity contribution in [2.75, 3.05) is 32.7 Å². The second-order valence-corrected chi connectivity index (χ2v) is 8.75. The minimum atomic E-state index is -1.09. The van der Waals surface area contributed by atoms with E-state index in [1.165, 1.54) is 9.80 Å². The van der Waals surface area contributed by atoms with Gasteiger partial charge in [-0.05, 0) is 31.2 Å². The number of aliphatic carboxylic acids is 1. The molecule has 2 aliphatic rings. The topological polar surface area (TPSA) is 174 Å². The molecule has 13 nitrogen and oxygen atoms in total. The Morgan fingerprint density at radius 3 is 2.08 bits per heavy atom. The Bertz CT molecular complexity index is 1020. The Labute approximate surface area is 213 Å². The zero-order valence-corrected chi connectivity index (χ0v) is 20.3. The van der Waals surface area contributed by atoms with Gasteiger partial charge in [0.25, 0.3) is 0 Å². The van der Waals surface area contributed by atoms with Crippen molar-refractivity contribution in [2.24, 2.45) is 0 Å². The summed E-state index contributed by atoms with van der Waals surface area (Å²) in [6.45, 7) is -0.452. The van der Waals surface area contributed by atoms with Gasteiger partial charge < -0.3 is 30.7 Å². The van der Waals surface area contributed by atoms with E-state index in [0.29, 0.717) is 38.8 Å². The lowest BCUT2D eigenvalue weighted by atomic mass is 10.2. The Kier molecular flexibility index (Phi) is 9.81. The molecule has 200 valence electrons. The molecule has 4 N–H and O–H groups in total. The van der Waals surface area contributed by atoms with Crippen molar-refractivity contribution in [2.45, 2.75) is 44.4 Å². The highest BCUT2D eigenvalue weighted by Crippen LogP contribution is 2.19. The maximum absolute atomic E-state index is 12.6. The fraction of sp³-hybridized carbons (Fsp3) is 0.500. The summed E-state index contributed by atoms with van der Waals surface area (Å²) in [5.74, 6) is -3.37. The predicted octanol–water partition coefficient (Wildman–Crippen LogP) is -0.788. The number of carbonyl (C=O) groups is 6. The first-order chi connectivity index (χ1) is 17.8. The smallest absolute Gasteiger partial charge is 0.410 e. The van der Waals surface area contributed by atoms with Crippen molar-refractivity contribution >= 4 is 35.7 Å². The van der Waals surface area contributed by atoms with Gasteiger partial charge in [-0.1, -0.05) is 30.3 Å². The van der Waals surface area contributed by atoms with Gasteiger partial charge in [-0.25, -0.2) is 9.59 Å². The average molecular weight is 518 g/mol. The van der Waals surface area contributed by atoms with Gasteiger partial charge in [0.15, 0.2) is 0 Å². The van der Waals surface area contributed by atoms with Crippen LogP contribution in [0.2, 0.25) is 0 Å². The minimum Gasteiger partial charge on any atom is -0.480 e. The molecule has 2 atom stereocenters. The molecule has 13 heteroatoms. The van der Waals surface area contributed by atoms with Crippen molar-refractivity contribution in [3.8, 4) is 0 Å². The monoisotopic (exact) mass is 517 g/mol.